The summed E-state index contributed by atoms with van der Waals surface area (Å²) in [4.78, 5) is 120. The normalized spacial score (nSPS) is 16.5. The highest BCUT2D eigenvalue weighted by Crippen LogP contribution is 2.36. The van der Waals surface area contributed by atoms with E-state index in [1.54, 1.807) is 36.2 Å². The molecule has 4 saturated heterocycles. The van der Waals surface area contributed by atoms with Crippen LogP contribution in [0.1, 0.15) is 103 Å². The first-order valence-electron chi connectivity index (χ1n) is 28.5. The van der Waals surface area contributed by atoms with Crippen LogP contribution in [0.25, 0.3) is 32.9 Å². The summed E-state index contributed by atoms with van der Waals surface area (Å²) in [5.74, 6) is -2.47. The number of piperidine rings is 4. The third-order valence-electron chi connectivity index (χ3n) is 16.6. The molecule has 10 rings (SSSR count). The molecule has 0 saturated carbocycles. The molecular weight excluding hydrogens is 1070 g/mol. The summed E-state index contributed by atoms with van der Waals surface area (Å²) in [5, 5.41) is 17.9. The number of nitrogens with zero attached hydrogens (tertiary/aromatic N) is 10. The minimum atomic E-state index is -0.651. The number of halogens is 1. The van der Waals surface area contributed by atoms with Gasteiger partial charge in [0.25, 0.3) is 5.91 Å². The molecule has 3 aromatic carbocycles. The zero-order valence-electron chi connectivity index (χ0n) is 46.7. The maximum absolute atomic E-state index is 15.9. The minimum Gasteiger partial charge on any atom is -0.468 e. The van der Waals surface area contributed by atoms with E-state index in [4.69, 9.17) is 10.7 Å². The maximum atomic E-state index is 15.9. The van der Waals surface area contributed by atoms with Gasteiger partial charge in [-0.2, -0.15) is 10.2 Å². The molecule has 4 aliphatic heterocycles. The van der Waals surface area contributed by atoms with Crippen molar-refractivity contribution in [1.82, 2.24) is 54.9 Å². The summed E-state index contributed by atoms with van der Waals surface area (Å²) in [7, 11) is 1.19. The van der Waals surface area contributed by atoms with Crippen molar-refractivity contribution in [2.45, 2.75) is 90.0 Å². The van der Waals surface area contributed by atoms with Crippen LogP contribution in [0.2, 0.25) is 0 Å². The molecule has 0 atom stereocenters. The molecule has 0 bridgehead atoms. The van der Waals surface area contributed by atoms with Gasteiger partial charge < -0.3 is 46.0 Å². The van der Waals surface area contributed by atoms with Crippen molar-refractivity contribution in [3.63, 3.8) is 0 Å². The number of esters is 1. The lowest BCUT2D eigenvalue weighted by Crippen LogP contribution is -2.49. The second-order valence-electron chi connectivity index (χ2n) is 21.9. The van der Waals surface area contributed by atoms with E-state index in [-0.39, 0.29) is 73.3 Å². The van der Waals surface area contributed by atoms with E-state index < -0.39 is 35.4 Å². The lowest BCUT2D eigenvalue weighted by Gasteiger charge is -2.39. The van der Waals surface area contributed by atoms with Crippen molar-refractivity contribution in [2.24, 2.45) is 17.6 Å². The summed E-state index contributed by atoms with van der Waals surface area (Å²) in [6.07, 6.45) is 10.0. The number of ether oxygens (including phenoxy) is 1. The van der Waals surface area contributed by atoms with Gasteiger partial charge in [-0.1, -0.05) is 24.3 Å². The first-order chi connectivity index (χ1) is 40.1. The number of nitrogens with two attached hydrogens (primary N) is 1. The fourth-order valence-electron chi connectivity index (χ4n) is 11.9. The predicted molar refractivity (Wildman–Crippen MR) is 305 cm³/mol. The summed E-state index contributed by atoms with van der Waals surface area (Å²) in [6.45, 7) is 5.63. The molecule has 7 heterocycles. The van der Waals surface area contributed by atoms with Gasteiger partial charge in [-0.3, -0.25) is 43.0 Å². The fourth-order valence-corrected chi connectivity index (χ4v) is 11.9. The molecule has 23 nitrogen and oxygen atoms in total. The molecule has 0 aliphatic carbocycles. The van der Waals surface area contributed by atoms with Crippen molar-refractivity contribution in [1.29, 1.82) is 0 Å². The molecule has 3 aromatic heterocycles. The number of likely N-dealkylation sites (tertiary alicyclic amines) is 3. The number of anilines is 3. The number of aromatic nitrogens is 6. The van der Waals surface area contributed by atoms with Crippen LogP contribution in [0.3, 0.4) is 0 Å². The van der Waals surface area contributed by atoms with Gasteiger partial charge in [0, 0.05) is 99.1 Å². The second-order valence-corrected chi connectivity index (χ2v) is 21.9. The number of amides is 6. The van der Waals surface area contributed by atoms with Gasteiger partial charge >= 0.3 is 5.97 Å². The monoisotopic (exact) mass is 1140 g/mol. The first-order valence-corrected chi connectivity index (χ1v) is 28.5. The van der Waals surface area contributed by atoms with Crippen LogP contribution in [0, 0.1) is 24.6 Å². The highest BCUT2D eigenvalue weighted by molar-refractivity contribution is 6.01. The zero-order valence-corrected chi connectivity index (χ0v) is 46.7. The van der Waals surface area contributed by atoms with Crippen LogP contribution in [-0.4, -0.2) is 164 Å². The molecule has 0 unspecified atom stereocenters. The molecule has 4 aliphatic rings. The molecule has 24 heteroatoms. The molecular formula is C59H69FN14O9. The van der Waals surface area contributed by atoms with Crippen LogP contribution in [-0.2, 0) is 40.0 Å². The quantitative estimate of drug-likeness (QED) is 0.0890. The van der Waals surface area contributed by atoms with Crippen molar-refractivity contribution < 1.29 is 47.5 Å². The Labute approximate surface area is 478 Å². The summed E-state index contributed by atoms with van der Waals surface area (Å²) in [5.41, 5.74) is 9.71. The van der Waals surface area contributed by atoms with Crippen LogP contribution in [0.4, 0.5) is 21.7 Å². The third kappa shape index (κ3) is 13.1. The van der Waals surface area contributed by atoms with Crippen LogP contribution >= 0.6 is 0 Å². The Kier molecular flexibility index (Phi) is 17.7. The molecule has 83 heavy (non-hydrogen) atoms. The van der Waals surface area contributed by atoms with Crippen molar-refractivity contribution in [2.75, 3.05) is 82.8 Å². The smallest absolute Gasteiger partial charge is 0.325 e. The van der Waals surface area contributed by atoms with Gasteiger partial charge in [-0.25, -0.2) is 19.0 Å². The van der Waals surface area contributed by atoms with Gasteiger partial charge in [0.2, 0.25) is 35.4 Å². The lowest BCUT2D eigenvalue weighted by molar-refractivity contribution is -0.145. The lowest BCUT2D eigenvalue weighted by atomic mass is 9.87. The Morgan fingerprint density at radius 2 is 1.34 bits per heavy atom. The predicted octanol–water partition coefficient (Wildman–Crippen LogP) is 4.83. The van der Waals surface area contributed by atoms with Gasteiger partial charge in [-0.05, 0) is 112 Å². The number of primary amides is 1. The Morgan fingerprint density at radius 1 is 0.699 bits per heavy atom. The second kappa shape index (κ2) is 25.5. The highest BCUT2D eigenvalue weighted by atomic mass is 19.1. The molecule has 6 amide bonds. The summed E-state index contributed by atoms with van der Waals surface area (Å²) < 4.78 is 23.0. The van der Waals surface area contributed by atoms with Crippen molar-refractivity contribution in [3.05, 3.63) is 89.8 Å². The van der Waals surface area contributed by atoms with Crippen LogP contribution in [0.15, 0.2) is 67.0 Å². The van der Waals surface area contributed by atoms with E-state index in [2.05, 4.69) is 52.9 Å². The number of aryl methyl sites for hydroxylation is 1. The van der Waals surface area contributed by atoms with E-state index in [0.29, 0.717) is 116 Å². The first kappa shape index (κ1) is 57.4. The van der Waals surface area contributed by atoms with Crippen LogP contribution in [0.5, 0.6) is 0 Å². The largest absolute Gasteiger partial charge is 0.468 e. The van der Waals surface area contributed by atoms with Gasteiger partial charge in [-0.15, -0.1) is 0 Å². The van der Waals surface area contributed by atoms with Crippen molar-refractivity contribution >= 4 is 86.4 Å². The van der Waals surface area contributed by atoms with Crippen molar-refractivity contribution in [3.8, 4) is 11.1 Å². The van der Waals surface area contributed by atoms with E-state index >= 15 is 4.39 Å². The molecule has 0 spiro atoms. The number of nitrogens with one attached hydrogen (secondary N) is 3. The molecule has 6 aromatic rings. The molecule has 0 radical (unpaired) electrons. The van der Waals surface area contributed by atoms with Crippen LogP contribution < -0.4 is 26.6 Å². The zero-order chi connectivity index (χ0) is 58.3. The highest BCUT2D eigenvalue weighted by Gasteiger charge is 2.36. The fraction of sp³-hybridized carbons (Fsp3) is 0.458. The Balaban J connectivity index is 0.659. The Bertz CT molecular complexity index is 3440. The maximum Gasteiger partial charge on any atom is 0.325 e. The number of fused-ring (bicyclic) bond motifs is 2. The topological polar surface area (TPSA) is 282 Å². The summed E-state index contributed by atoms with van der Waals surface area (Å²) >= 11 is 0. The number of hydrogen-bond donors (Lipinski definition) is 4. The average molecular weight is 1140 g/mol. The van der Waals surface area contributed by atoms with Gasteiger partial charge in [0.05, 0.1) is 42.8 Å². The number of carbonyl (C=O) groups excluding carboxylic acids is 8. The van der Waals surface area contributed by atoms with E-state index in [0.717, 1.165) is 44.5 Å². The van der Waals surface area contributed by atoms with Gasteiger partial charge in [0.15, 0.2) is 11.5 Å². The standard InChI is InChI=1S/C59H69FN14O9/c1-36-54-43(7-6-8-46(54)73(68-36)35-50(76)62-33-49(75)63-34-53(79)83-2)44-30-47-41(29-45(44)60)31-65-74(47)52(78)14-13-51(77)70-23-17-39(18-24-70)58(81)72-27-19-40(20-28-72)59(82)71-25-15-38(16-26-71)37-9-11-42(12-10-37)66-57-55(56(61)80)64-32-48(67-57)69-21-4-3-5-22-69/h6-12,29-32,38-40H,3-5,13-28,33-35H2,1-2H3,(H2,61,80)(H,62,76)(H,63,75)(H,66,67). The molecule has 4 fully saturated rings. The SMILES string of the molecule is COC(=O)CNC(=O)CNC(=O)Cn1nc(C)c2c(-c3cc4c(cnn4C(=O)CCC(=O)N4CCC(C(=O)N5CCC(C(=O)N6CCC(c7ccc(Nc8nc(N9CCCCC9)cnc8C(N)=O)cc7)CC6)CC5)CC4)cc3F)cccc21. The van der Waals surface area contributed by atoms with Gasteiger partial charge in [0.1, 0.15) is 24.7 Å². The van der Waals surface area contributed by atoms with E-state index in [9.17, 15) is 38.4 Å². The number of hydrogen-bond acceptors (Lipinski definition) is 15. The Hall–Kier alpha value is -8.83. The Morgan fingerprint density at radius 3 is 2.00 bits per heavy atom. The molecule has 5 N–H and O–H groups in total. The number of benzene rings is 3. The third-order valence-corrected chi connectivity index (χ3v) is 16.6. The number of carbonyl (C=O) groups is 8. The molecule has 436 valence electrons. The number of rotatable bonds is 17. The van der Waals surface area contributed by atoms with E-state index in [1.807, 2.05) is 21.9 Å². The minimum absolute atomic E-state index is 0.0508. The number of methoxy groups -OCH3 is 1. The van der Waals surface area contributed by atoms with E-state index in [1.165, 1.54) is 46.8 Å². The summed E-state index contributed by atoms with van der Waals surface area (Å²) in [6, 6.07) is 16.1. The average Bonchev–Trinajstić information content (AvgIpc) is 2.85.